The molecule has 1 atom stereocenters. The van der Waals surface area contributed by atoms with Crippen LogP contribution in [0.2, 0.25) is 5.02 Å². The van der Waals surface area contributed by atoms with Crippen LogP contribution >= 0.6 is 22.9 Å². The van der Waals surface area contributed by atoms with Crippen molar-refractivity contribution in [2.75, 3.05) is 36.4 Å². The van der Waals surface area contributed by atoms with E-state index in [0.717, 1.165) is 67.5 Å². The molecule has 1 saturated heterocycles. The fourth-order valence-electron chi connectivity index (χ4n) is 3.91. The van der Waals surface area contributed by atoms with Crippen molar-refractivity contribution in [3.8, 4) is 0 Å². The summed E-state index contributed by atoms with van der Waals surface area (Å²) >= 11 is 7.86. The fraction of sp³-hybridized carbons (Fsp3) is 0.476. The van der Waals surface area contributed by atoms with Gasteiger partial charge in [0, 0.05) is 54.6 Å². The van der Waals surface area contributed by atoms with E-state index in [1.807, 2.05) is 30.0 Å². The summed E-state index contributed by atoms with van der Waals surface area (Å²) in [4.78, 5) is 34.5. The molecule has 1 aromatic heterocycles. The van der Waals surface area contributed by atoms with Crippen LogP contribution in [0.4, 0.5) is 10.8 Å². The van der Waals surface area contributed by atoms with Gasteiger partial charge in [0.05, 0.1) is 5.69 Å². The monoisotopic (exact) mass is 432 g/mol. The highest BCUT2D eigenvalue weighted by Gasteiger charge is 2.29. The molecular formula is C21H25ClN4O2S. The van der Waals surface area contributed by atoms with Gasteiger partial charge in [-0.3, -0.25) is 9.59 Å². The molecule has 154 valence electrons. The molecule has 0 unspecified atom stereocenters. The number of carbonyl (C=O) groups is 2. The number of anilines is 2. The average Bonchev–Trinajstić information content (AvgIpc) is 3.15. The second-order valence-corrected chi connectivity index (χ2v) is 9.17. The molecule has 0 spiro atoms. The van der Waals surface area contributed by atoms with Gasteiger partial charge in [-0.1, -0.05) is 17.7 Å². The lowest BCUT2D eigenvalue weighted by Crippen LogP contribution is -2.48. The Balaban J connectivity index is 1.41. The zero-order valence-electron chi connectivity index (χ0n) is 16.7. The van der Waals surface area contributed by atoms with Gasteiger partial charge in [0.1, 0.15) is 0 Å². The number of aromatic nitrogens is 1. The molecule has 8 heteroatoms. The van der Waals surface area contributed by atoms with Gasteiger partial charge < -0.3 is 15.1 Å². The summed E-state index contributed by atoms with van der Waals surface area (Å²) in [6.07, 6.45) is 2.36. The van der Waals surface area contributed by atoms with Gasteiger partial charge in [-0.25, -0.2) is 4.98 Å². The van der Waals surface area contributed by atoms with Crippen molar-refractivity contribution in [3.63, 3.8) is 0 Å². The summed E-state index contributed by atoms with van der Waals surface area (Å²) in [6, 6.07) is 5.57. The molecule has 1 aromatic carbocycles. The number of amides is 2. The topological polar surface area (TPSA) is 65.5 Å². The third-order valence-electron chi connectivity index (χ3n) is 5.82. The third-order valence-corrected chi connectivity index (χ3v) is 7.41. The van der Waals surface area contributed by atoms with Crippen LogP contribution in [-0.2, 0) is 22.4 Å². The largest absolute Gasteiger partial charge is 0.345 e. The molecule has 2 aromatic rings. The summed E-state index contributed by atoms with van der Waals surface area (Å²) < 4.78 is 0. The lowest BCUT2D eigenvalue weighted by Gasteiger charge is -2.33. The number of hydrogen-bond acceptors (Lipinski definition) is 5. The lowest BCUT2D eigenvalue weighted by molar-refractivity contribution is -0.129. The summed E-state index contributed by atoms with van der Waals surface area (Å²) in [6.45, 7) is 6.63. The Morgan fingerprint density at radius 2 is 2.00 bits per heavy atom. The molecular weight excluding hydrogens is 408 g/mol. The van der Waals surface area contributed by atoms with E-state index in [0.29, 0.717) is 5.02 Å². The van der Waals surface area contributed by atoms with Crippen molar-refractivity contribution in [2.24, 2.45) is 5.92 Å². The SMILES string of the molecule is CC(=O)N1CCN(c2nc3c(s2)C[C@@H](C(=O)Nc2cccc(Cl)c2C)CC3)CC1. The van der Waals surface area contributed by atoms with E-state index in [2.05, 4.69) is 10.2 Å². The number of thiazole rings is 1. The van der Waals surface area contributed by atoms with Crippen molar-refractivity contribution in [1.82, 2.24) is 9.88 Å². The van der Waals surface area contributed by atoms with Crippen LogP contribution < -0.4 is 10.2 Å². The van der Waals surface area contributed by atoms with E-state index < -0.39 is 0 Å². The van der Waals surface area contributed by atoms with Crippen molar-refractivity contribution < 1.29 is 9.59 Å². The summed E-state index contributed by atoms with van der Waals surface area (Å²) in [7, 11) is 0. The van der Waals surface area contributed by atoms with E-state index in [9.17, 15) is 9.59 Å². The van der Waals surface area contributed by atoms with E-state index in [4.69, 9.17) is 16.6 Å². The highest BCUT2D eigenvalue weighted by atomic mass is 35.5. The summed E-state index contributed by atoms with van der Waals surface area (Å²) in [5.74, 6) is 0.127. The van der Waals surface area contributed by atoms with Gasteiger partial charge in [-0.15, -0.1) is 11.3 Å². The number of benzene rings is 1. The number of nitrogens with zero attached hydrogens (tertiary/aromatic N) is 3. The third kappa shape index (κ3) is 4.26. The molecule has 1 N–H and O–H groups in total. The summed E-state index contributed by atoms with van der Waals surface area (Å²) in [5, 5.41) is 4.73. The maximum absolute atomic E-state index is 12.8. The number of nitrogens with one attached hydrogen (secondary N) is 1. The van der Waals surface area contributed by atoms with Gasteiger partial charge in [0.25, 0.3) is 0 Å². The predicted octanol–water partition coefficient (Wildman–Crippen LogP) is 3.52. The standard InChI is InChI=1S/C21H25ClN4O2S/c1-13-16(22)4-3-5-17(13)23-20(28)15-6-7-18-19(12-15)29-21(24-18)26-10-8-25(9-11-26)14(2)27/h3-5,15H,6-12H2,1-2H3,(H,23,28)/t15-/m0/s1. The van der Waals surface area contributed by atoms with Crippen molar-refractivity contribution >= 4 is 45.6 Å². The Morgan fingerprint density at radius 1 is 1.24 bits per heavy atom. The van der Waals surface area contributed by atoms with Crippen LogP contribution in [0.5, 0.6) is 0 Å². The molecule has 2 amide bonds. The minimum absolute atomic E-state index is 0.0473. The smallest absolute Gasteiger partial charge is 0.227 e. The first kappa shape index (κ1) is 20.2. The molecule has 1 aliphatic heterocycles. The number of aryl methyl sites for hydroxylation is 1. The minimum Gasteiger partial charge on any atom is -0.345 e. The molecule has 2 heterocycles. The quantitative estimate of drug-likeness (QED) is 0.805. The lowest BCUT2D eigenvalue weighted by atomic mass is 9.90. The molecule has 1 fully saturated rings. The zero-order chi connectivity index (χ0) is 20.5. The molecule has 0 saturated carbocycles. The first-order chi connectivity index (χ1) is 13.9. The van der Waals surface area contributed by atoms with E-state index in [1.54, 1.807) is 18.3 Å². The maximum Gasteiger partial charge on any atom is 0.227 e. The Kier molecular flexibility index (Phi) is 5.79. The normalized spacial score (nSPS) is 19.1. The highest BCUT2D eigenvalue weighted by Crippen LogP contribution is 2.35. The number of piperazine rings is 1. The Labute approximate surface area is 179 Å². The van der Waals surface area contributed by atoms with Gasteiger partial charge in [-0.05, 0) is 43.9 Å². The van der Waals surface area contributed by atoms with Crippen LogP contribution in [0.25, 0.3) is 0 Å². The fourth-order valence-corrected chi connectivity index (χ4v) is 5.32. The Morgan fingerprint density at radius 3 is 2.72 bits per heavy atom. The average molecular weight is 433 g/mol. The second kappa shape index (κ2) is 8.32. The van der Waals surface area contributed by atoms with Gasteiger partial charge in [-0.2, -0.15) is 0 Å². The Bertz CT molecular complexity index is 937. The Hall–Kier alpha value is -2.12. The number of carbonyl (C=O) groups excluding carboxylic acids is 2. The predicted molar refractivity (Wildman–Crippen MR) is 117 cm³/mol. The van der Waals surface area contributed by atoms with Crippen LogP contribution in [0, 0.1) is 12.8 Å². The van der Waals surface area contributed by atoms with E-state index in [-0.39, 0.29) is 17.7 Å². The van der Waals surface area contributed by atoms with Crippen molar-refractivity contribution in [2.45, 2.75) is 33.1 Å². The van der Waals surface area contributed by atoms with Crippen LogP contribution in [0.1, 0.15) is 29.5 Å². The van der Waals surface area contributed by atoms with Crippen molar-refractivity contribution in [3.05, 3.63) is 39.4 Å². The zero-order valence-corrected chi connectivity index (χ0v) is 18.3. The summed E-state index contributed by atoms with van der Waals surface area (Å²) in [5.41, 5.74) is 2.80. The van der Waals surface area contributed by atoms with Crippen molar-refractivity contribution in [1.29, 1.82) is 0 Å². The highest BCUT2D eigenvalue weighted by molar-refractivity contribution is 7.15. The van der Waals surface area contributed by atoms with Crippen LogP contribution in [0.3, 0.4) is 0 Å². The van der Waals surface area contributed by atoms with Gasteiger partial charge in [0.2, 0.25) is 11.8 Å². The molecule has 4 rings (SSSR count). The van der Waals surface area contributed by atoms with E-state index >= 15 is 0 Å². The number of fused-ring (bicyclic) bond motifs is 1. The van der Waals surface area contributed by atoms with Gasteiger partial charge >= 0.3 is 0 Å². The molecule has 0 bridgehead atoms. The maximum atomic E-state index is 12.8. The van der Waals surface area contributed by atoms with Gasteiger partial charge in [0.15, 0.2) is 5.13 Å². The van der Waals surface area contributed by atoms with E-state index in [1.165, 1.54) is 4.88 Å². The molecule has 0 radical (unpaired) electrons. The number of hydrogen-bond donors (Lipinski definition) is 1. The molecule has 6 nitrogen and oxygen atoms in total. The molecule has 29 heavy (non-hydrogen) atoms. The number of rotatable bonds is 3. The number of halogens is 1. The minimum atomic E-state index is -0.0521. The molecule has 2 aliphatic rings. The molecule has 1 aliphatic carbocycles. The van der Waals surface area contributed by atoms with Crippen LogP contribution in [-0.4, -0.2) is 47.9 Å². The van der Waals surface area contributed by atoms with Crippen LogP contribution in [0.15, 0.2) is 18.2 Å². The first-order valence-electron chi connectivity index (χ1n) is 9.97. The first-order valence-corrected chi connectivity index (χ1v) is 11.2. The second-order valence-electron chi connectivity index (χ2n) is 7.70.